The summed E-state index contributed by atoms with van der Waals surface area (Å²) < 4.78 is 9.94. The van der Waals surface area contributed by atoms with Crippen molar-refractivity contribution in [3.8, 4) is 0 Å². The highest BCUT2D eigenvalue weighted by molar-refractivity contribution is 6.92. The van der Waals surface area contributed by atoms with Crippen molar-refractivity contribution in [3.05, 3.63) is 0 Å². The summed E-state index contributed by atoms with van der Waals surface area (Å²) in [5.41, 5.74) is 0. The molecule has 0 spiro atoms. The van der Waals surface area contributed by atoms with Crippen LogP contribution in [0.4, 0.5) is 0 Å². The lowest BCUT2D eigenvalue weighted by Gasteiger charge is -2.36. The van der Waals surface area contributed by atoms with Crippen LogP contribution in [-0.4, -0.2) is 25.0 Å². The number of hydrogen-bond donors (Lipinski definition) is 1. The van der Waals surface area contributed by atoms with E-state index in [1.807, 2.05) is 0 Å². The van der Waals surface area contributed by atoms with Crippen LogP contribution in [0.2, 0.25) is 52.4 Å². The Morgan fingerprint density at radius 2 is 1.15 bits per heavy atom. The van der Waals surface area contributed by atoms with Gasteiger partial charge in [-0.25, -0.2) is 0 Å². The van der Waals surface area contributed by atoms with Crippen LogP contribution >= 0.6 is 0 Å². The molecule has 0 aromatic carbocycles. The summed E-state index contributed by atoms with van der Waals surface area (Å²) in [5, 5.41) is 0. The Labute approximate surface area is 86.5 Å². The zero-order valence-electron chi connectivity index (χ0n) is 10.4. The van der Waals surface area contributed by atoms with E-state index < -0.39 is 25.0 Å². The first-order chi connectivity index (χ1) is 5.41. The quantitative estimate of drug-likeness (QED) is 0.757. The van der Waals surface area contributed by atoms with Crippen LogP contribution in [0, 0.1) is 0 Å². The van der Waals surface area contributed by atoms with Gasteiger partial charge in [0.25, 0.3) is 0 Å². The Hall–Kier alpha value is 0.571. The average molecular weight is 236 g/mol. The SMILES string of the molecule is C[Si](C)(C)N[Si](C)(C)O[Si](C)(C)C. The highest BCUT2D eigenvalue weighted by Gasteiger charge is 2.33. The molecule has 0 fully saturated rings. The maximum atomic E-state index is 6.20. The molecule has 1 N–H and O–H groups in total. The van der Waals surface area contributed by atoms with Gasteiger partial charge in [0.2, 0.25) is 8.48 Å². The number of nitrogens with one attached hydrogen (secondary N) is 1. The molecule has 0 saturated carbocycles. The first-order valence-corrected chi connectivity index (χ1v) is 14.7. The molecule has 2 nitrogen and oxygen atoms in total. The maximum Gasteiger partial charge on any atom is 0.245 e. The van der Waals surface area contributed by atoms with Crippen molar-refractivity contribution in [1.29, 1.82) is 0 Å². The molecule has 0 aliphatic rings. The Balaban J connectivity index is 4.25. The minimum Gasteiger partial charge on any atom is -0.445 e. The van der Waals surface area contributed by atoms with Gasteiger partial charge in [-0.1, -0.05) is 19.6 Å². The smallest absolute Gasteiger partial charge is 0.245 e. The van der Waals surface area contributed by atoms with Crippen LogP contribution in [0.1, 0.15) is 0 Å². The first kappa shape index (κ1) is 13.6. The molecule has 0 amide bonds. The Morgan fingerprint density at radius 1 is 0.769 bits per heavy atom. The van der Waals surface area contributed by atoms with Crippen LogP contribution in [0.5, 0.6) is 0 Å². The molecule has 5 heteroatoms. The van der Waals surface area contributed by atoms with E-state index in [0.29, 0.717) is 0 Å². The summed E-state index contributed by atoms with van der Waals surface area (Å²) in [6, 6.07) is 0. The summed E-state index contributed by atoms with van der Waals surface area (Å²) in [5.74, 6) is 0. The molecule has 0 atom stereocenters. The minimum absolute atomic E-state index is 1.18. The van der Waals surface area contributed by atoms with Gasteiger partial charge in [0.1, 0.15) is 8.24 Å². The summed E-state index contributed by atoms with van der Waals surface area (Å²) in [4.78, 5) is 0. The van der Waals surface area contributed by atoms with Crippen molar-refractivity contribution in [2.45, 2.75) is 52.4 Å². The molecule has 0 aliphatic carbocycles. The van der Waals surface area contributed by atoms with Gasteiger partial charge in [-0.05, 0) is 32.7 Å². The van der Waals surface area contributed by atoms with Crippen LogP contribution < -0.4 is 4.65 Å². The molecular weight excluding hydrogens is 210 g/mol. The van der Waals surface area contributed by atoms with Gasteiger partial charge in [0.15, 0.2) is 8.32 Å². The second-order valence-corrected chi connectivity index (χ2v) is 19.7. The Bertz CT molecular complexity index is 151. The Morgan fingerprint density at radius 3 is 1.38 bits per heavy atom. The summed E-state index contributed by atoms with van der Waals surface area (Å²) in [6.07, 6.45) is 0. The van der Waals surface area contributed by atoms with E-state index in [9.17, 15) is 0 Å². The number of rotatable bonds is 4. The van der Waals surface area contributed by atoms with Crippen molar-refractivity contribution in [3.63, 3.8) is 0 Å². The monoisotopic (exact) mass is 235 g/mol. The highest BCUT2D eigenvalue weighted by Crippen LogP contribution is 2.13. The third kappa shape index (κ3) is 8.89. The molecule has 0 saturated heterocycles. The van der Waals surface area contributed by atoms with Crippen LogP contribution in [0.25, 0.3) is 0 Å². The summed E-state index contributed by atoms with van der Waals surface area (Å²) >= 11 is 0. The molecule has 80 valence electrons. The van der Waals surface area contributed by atoms with Gasteiger partial charge in [-0.2, -0.15) is 0 Å². The predicted molar refractivity (Wildman–Crippen MR) is 68.4 cm³/mol. The normalized spacial score (nSPS) is 14.8. The molecule has 0 aromatic rings. The van der Waals surface area contributed by atoms with E-state index in [1.165, 1.54) is 0 Å². The molecule has 0 bridgehead atoms. The zero-order valence-corrected chi connectivity index (χ0v) is 13.4. The van der Waals surface area contributed by atoms with Crippen LogP contribution in [0.3, 0.4) is 0 Å². The first-order valence-electron chi connectivity index (χ1n) is 4.91. The van der Waals surface area contributed by atoms with Crippen molar-refractivity contribution < 1.29 is 4.12 Å². The number of hydrogen-bond acceptors (Lipinski definition) is 2. The van der Waals surface area contributed by atoms with Crippen LogP contribution in [-0.2, 0) is 4.12 Å². The topological polar surface area (TPSA) is 21.3 Å². The molecule has 0 rings (SSSR count). The zero-order chi connectivity index (χ0) is 10.9. The van der Waals surface area contributed by atoms with E-state index in [-0.39, 0.29) is 0 Å². The van der Waals surface area contributed by atoms with E-state index in [0.717, 1.165) is 0 Å². The van der Waals surface area contributed by atoms with Crippen molar-refractivity contribution in [2.24, 2.45) is 0 Å². The second kappa shape index (κ2) is 3.98. The fourth-order valence-electron chi connectivity index (χ4n) is 1.69. The third-order valence-electron chi connectivity index (χ3n) is 1.24. The van der Waals surface area contributed by atoms with Gasteiger partial charge in [-0.3, -0.25) is 0 Å². The van der Waals surface area contributed by atoms with Crippen LogP contribution in [0.15, 0.2) is 0 Å². The lowest BCUT2D eigenvalue weighted by molar-refractivity contribution is 0.543. The van der Waals surface area contributed by atoms with Gasteiger partial charge in [-0.15, -0.1) is 0 Å². The molecule has 0 unspecified atom stereocenters. The molecular formula is C8H25NOSi3. The largest absolute Gasteiger partial charge is 0.445 e. The third-order valence-corrected chi connectivity index (χ3v) is 11.1. The Kier molecular flexibility index (Phi) is 4.15. The van der Waals surface area contributed by atoms with Gasteiger partial charge in [0.05, 0.1) is 0 Å². The van der Waals surface area contributed by atoms with Crippen molar-refractivity contribution >= 4 is 25.0 Å². The fraction of sp³-hybridized carbons (Fsp3) is 1.00. The van der Waals surface area contributed by atoms with Crippen molar-refractivity contribution in [1.82, 2.24) is 4.65 Å². The predicted octanol–water partition coefficient (Wildman–Crippen LogP) is 2.96. The summed E-state index contributed by atoms with van der Waals surface area (Å²) in [6.45, 7) is 18.3. The maximum absolute atomic E-state index is 6.20. The fourth-order valence-corrected chi connectivity index (χ4v) is 15.7. The molecule has 0 heterocycles. The molecule has 13 heavy (non-hydrogen) atoms. The minimum atomic E-state index is -1.60. The second-order valence-electron chi connectivity index (χ2n) is 6.10. The van der Waals surface area contributed by atoms with Gasteiger partial charge in [0, 0.05) is 0 Å². The molecule has 0 aromatic heterocycles. The lowest BCUT2D eigenvalue weighted by atomic mass is 11.8. The lowest BCUT2D eigenvalue weighted by Crippen LogP contribution is -2.62. The van der Waals surface area contributed by atoms with E-state index in [1.54, 1.807) is 0 Å². The van der Waals surface area contributed by atoms with Crippen molar-refractivity contribution in [2.75, 3.05) is 0 Å². The van der Waals surface area contributed by atoms with E-state index in [2.05, 4.69) is 57.0 Å². The summed E-state index contributed by atoms with van der Waals surface area (Å²) in [7, 11) is -4.16. The van der Waals surface area contributed by atoms with Gasteiger partial charge < -0.3 is 8.76 Å². The average Bonchev–Trinajstić information content (AvgIpc) is 1.43. The van der Waals surface area contributed by atoms with Gasteiger partial charge >= 0.3 is 0 Å². The molecule has 0 radical (unpaired) electrons. The highest BCUT2D eigenvalue weighted by atomic mass is 28.5. The van der Waals surface area contributed by atoms with E-state index >= 15 is 0 Å². The molecule has 0 aliphatic heterocycles. The van der Waals surface area contributed by atoms with E-state index in [4.69, 9.17) is 4.12 Å². The standard InChI is InChI=1S/C8H25NOSi3/c1-11(2,3)9-13(7,8)10-12(4,5)6/h9H,1-8H3.